The van der Waals surface area contributed by atoms with Crippen molar-refractivity contribution in [2.45, 2.75) is 13.3 Å². The highest BCUT2D eigenvalue weighted by molar-refractivity contribution is 5.95. The van der Waals surface area contributed by atoms with Gasteiger partial charge in [0.2, 0.25) is 0 Å². The first-order valence-electron chi connectivity index (χ1n) is 7.94. The van der Waals surface area contributed by atoms with Gasteiger partial charge < -0.3 is 14.8 Å². The molecule has 2 aromatic rings. The minimum absolute atomic E-state index is 0.0826. The Hall–Kier alpha value is -3.42. The summed E-state index contributed by atoms with van der Waals surface area (Å²) in [4.78, 5) is 33.8. The van der Waals surface area contributed by atoms with Gasteiger partial charge in [-0.3, -0.25) is 14.9 Å². The molecule has 1 N–H and O–H groups in total. The molecule has 136 valence electrons. The molecule has 0 fully saturated rings. The maximum atomic E-state index is 11.9. The quantitative estimate of drug-likeness (QED) is 0.441. The van der Waals surface area contributed by atoms with Crippen LogP contribution >= 0.6 is 0 Å². The van der Waals surface area contributed by atoms with Gasteiger partial charge in [0, 0.05) is 17.8 Å². The maximum absolute atomic E-state index is 11.9. The van der Waals surface area contributed by atoms with Crippen molar-refractivity contribution in [1.29, 1.82) is 0 Å². The summed E-state index contributed by atoms with van der Waals surface area (Å²) >= 11 is 0. The molecule has 0 radical (unpaired) electrons. The molecule has 0 aromatic heterocycles. The van der Waals surface area contributed by atoms with Crippen molar-refractivity contribution in [2.75, 3.05) is 18.5 Å². The van der Waals surface area contributed by atoms with Crippen LogP contribution in [0.4, 0.5) is 11.4 Å². The third kappa shape index (κ3) is 5.59. The number of carbonyl (C=O) groups is 2. The summed E-state index contributed by atoms with van der Waals surface area (Å²) in [5.74, 6) is -0.527. The lowest BCUT2D eigenvalue weighted by molar-refractivity contribution is -0.384. The second kappa shape index (κ2) is 9.16. The Morgan fingerprint density at radius 2 is 1.73 bits per heavy atom. The van der Waals surface area contributed by atoms with E-state index in [9.17, 15) is 19.7 Å². The van der Waals surface area contributed by atoms with E-state index in [0.29, 0.717) is 23.6 Å². The summed E-state index contributed by atoms with van der Waals surface area (Å²) in [5, 5.41) is 13.1. The highest BCUT2D eigenvalue weighted by Crippen LogP contribution is 2.16. The van der Waals surface area contributed by atoms with Gasteiger partial charge in [-0.05, 0) is 42.8 Å². The fraction of sp³-hybridized carbons (Fsp3) is 0.222. The Kier molecular flexibility index (Phi) is 6.67. The zero-order chi connectivity index (χ0) is 18.9. The Bertz CT molecular complexity index is 771. The molecule has 8 heteroatoms. The molecule has 0 aliphatic carbocycles. The van der Waals surface area contributed by atoms with Crippen LogP contribution in [0.1, 0.15) is 23.7 Å². The van der Waals surface area contributed by atoms with Crippen LogP contribution in [-0.4, -0.2) is 30.0 Å². The molecule has 1 amide bonds. The fourth-order valence-electron chi connectivity index (χ4n) is 1.99. The third-order valence-electron chi connectivity index (χ3n) is 3.26. The summed E-state index contributed by atoms with van der Waals surface area (Å²) in [6, 6.07) is 11.8. The van der Waals surface area contributed by atoms with Gasteiger partial charge in [0.05, 0.1) is 17.1 Å². The maximum Gasteiger partial charge on any atom is 0.338 e. The molecule has 0 saturated carbocycles. The second-order valence-corrected chi connectivity index (χ2v) is 5.30. The van der Waals surface area contributed by atoms with Crippen molar-refractivity contribution < 1.29 is 24.0 Å². The molecular weight excluding hydrogens is 340 g/mol. The summed E-state index contributed by atoms with van der Waals surface area (Å²) in [6.07, 6.45) is 0.883. The van der Waals surface area contributed by atoms with Crippen LogP contribution in [0.5, 0.6) is 5.75 Å². The minimum Gasteiger partial charge on any atom is -0.494 e. The molecule has 8 nitrogen and oxygen atoms in total. The zero-order valence-electron chi connectivity index (χ0n) is 14.1. The van der Waals surface area contributed by atoms with E-state index in [0.717, 1.165) is 6.42 Å². The first kappa shape index (κ1) is 18.9. The van der Waals surface area contributed by atoms with E-state index in [1.807, 2.05) is 6.92 Å². The number of rotatable bonds is 8. The number of esters is 1. The number of nitrogens with one attached hydrogen (secondary N) is 1. The highest BCUT2D eigenvalue weighted by Gasteiger charge is 2.11. The van der Waals surface area contributed by atoms with Crippen molar-refractivity contribution in [1.82, 2.24) is 0 Å². The number of non-ortho nitro benzene ring substituents is 1. The van der Waals surface area contributed by atoms with Gasteiger partial charge in [0.1, 0.15) is 5.75 Å². The molecule has 2 rings (SSSR count). The Balaban J connectivity index is 1.82. The molecule has 2 aromatic carbocycles. The number of ether oxygens (including phenoxy) is 2. The molecule has 0 bridgehead atoms. The standard InChI is InChI=1S/C18H18N2O6/c1-2-11-25-16-9-3-13(4-10-16)18(22)26-12-17(21)19-14-5-7-15(8-6-14)20(23)24/h3-10H,2,11-12H2,1H3,(H,19,21). The lowest BCUT2D eigenvalue weighted by Gasteiger charge is -2.08. The summed E-state index contributed by atoms with van der Waals surface area (Å²) in [7, 11) is 0. The zero-order valence-corrected chi connectivity index (χ0v) is 14.1. The van der Waals surface area contributed by atoms with Crippen molar-refractivity contribution in [3.05, 3.63) is 64.2 Å². The number of amides is 1. The van der Waals surface area contributed by atoms with E-state index in [1.165, 1.54) is 24.3 Å². The molecule has 26 heavy (non-hydrogen) atoms. The number of hydrogen-bond donors (Lipinski definition) is 1. The number of carbonyl (C=O) groups excluding carboxylic acids is 2. The smallest absolute Gasteiger partial charge is 0.338 e. The predicted octanol–water partition coefficient (Wildman–Crippen LogP) is 3.18. The van der Waals surface area contributed by atoms with Gasteiger partial charge in [-0.2, -0.15) is 0 Å². The van der Waals surface area contributed by atoms with E-state index in [2.05, 4.69) is 5.32 Å². The van der Waals surface area contributed by atoms with E-state index in [1.54, 1.807) is 24.3 Å². The van der Waals surface area contributed by atoms with E-state index in [-0.39, 0.29) is 5.69 Å². The van der Waals surface area contributed by atoms with Crippen LogP contribution < -0.4 is 10.1 Å². The molecular formula is C18H18N2O6. The summed E-state index contributed by atoms with van der Waals surface area (Å²) in [5.41, 5.74) is 0.590. The number of benzene rings is 2. The molecule has 0 spiro atoms. The Labute approximate surface area is 149 Å². The second-order valence-electron chi connectivity index (χ2n) is 5.30. The molecule has 0 saturated heterocycles. The van der Waals surface area contributed by atoms with Crippen LogP contribution in [0.3, 0.4) is 0 Å². The largest absolute Gasteiger partial charge is 0.494 e. The Morgan fingerprint density at radius 1 is 1.08 bits per heavy atom. The van der Waals surface area contributed by atoms with Crippen LogP contribution in [0.2, 0.25) is 0 Å². The van der Waals surface area contributed by atoms with Crippen molar-refractivity contribution in [3.63, 3.8) is 0 Å². The van der Waals surface area contributed by atoms with Crippen LogP contribution in [0.25, 0.3) is 0 Å². The number of nitro groups is 1. The monoisotopic (exact) mass is 358 g/mol. The van der Waals surface area contributed by atoms with E-state index >= 15 is 0 Å². The van der Waals surface area contributed by atoms with Crippen LogP contribution in [-0.2, 0) is 9.53 Å². The number of hydrogen-bond acceptors (Lipinski definition) is 6. The fourth-order valence-corrected chi connectivity index (χ4v) is 1.99. The SMILES string of the molecule is CCCOc1ccc(C(=O)OCC(=O)Nc2ccc([N+](=O)[O-])cc2)cc1. The van der Waals surface area contributed by atoms with E-state index in [4.69, 9.17) is 9.47 Å². The Morgan fingerprint density at radius 3 is 2.31 bits per heavy atom. The normalized spacial score (nSPS) is 10.0. The minimum atomic E-state index is -0.633. The van der Waals surface area contributed by atoms with Gasteiger partial charge in [-0.15, -0.1) is 0 Å². The van der Waals surface area contributed by atoms with Crippen molar-refractivity contribution >= 4 is 23.3 Å². The lowest BCUT2D eigenvalue weighted by atomic mass is 10.2. The molecule has 0 unspecified atom stereocenters. The highest BCUT2D eigenvalue weighted by atomic mass is 16.6. The third-order valence-corrected chi connectivity index (χ3v) is 3.26. The van der Waals surface area contributed by atoms with Gasteiger partial charge in [-0.25, -0.2) is 4.79 Å². The molecule has 0 atom stereocenters. The number of nitrogens with zero attached hydrogens (tertiary/aromatic N) is 1. The average molecular weight is 358 g/mol. The molecule has 0 heterocycles. The topological polar surface area (TPSA) is 108 Å². The number of nitro benzene ring substituents is 1. The van der Waals surface area contributed by atoms with Crippen LogP contribution in [0.15, 0.2) is 48.5 Å². The van der Waals surface area contributed by atoms with Crippen molar-refractivity contribution in [3.8, 4) is 5.75 Å². The van der Waals surface area contributed by atoms with Gasteiger partial charge in [0.25, 0.3) is 11.6 Å². The lowest BCUT2D eigenvalue weighted by Crippen LogP contribution is -2.20. The van der Waals surface area contributed by atoms with Crippen LogP contribution in [0, 0.1) is 10.1 Å². The summed E-state index contributed by atoms with van der Waals surface area (Å²) in [6.45, 7) is 2.12. The predicted molar refractivity (Wildman–Crippen MR) is 94.2 cm³/mol. The molecule has 0 aliphatic rings. The molecule has 0 aliphatic heterocycles. The van der Waals surface area contributed by atoms with Gasteiger partial charge in [0.15, 0.2) is 6.61 Å². The average Bonchev–Trinajstić information content (AvgIpc) is 2.65. The number of anilines is 1. The van der Waals surface area contributed by atoms with Crippen molar-refractivity contribution in [2.24, 2.45) is 0 Å². The van der Waals surface area contributed by atoms with E-state index < -0.39 is 23.4 Å². The first-order chi connectivity index (χ1) is 12.5. The van der Waals surface area contributed by atoms with Gasteiger partial charge in [-0.1, -0.05) is 6.92 Å². The summed E-state index contributed by atoms with van der Waals surface area (Å²) < 4.78 is 10.4. The first-order valence-corrected chi connectivity index (χ1v) is 7.94. The van der Waals surface area contributed by atoms with Gasteiger partial charge >= 0.3 is 5.97 Å².